The Morgan fingerprint density at radius 1 is 1.40 bits per heavy atom. The third-order valence-electron chi connectivity index (χ3n) is 4.25. The summed E-state index contributed by atoms with van der Waals surface area (Å²) in [6.45, 7) is 1.83. The number of hydrogen-bond donors (Lipinski definition) is 1. The Hall–Kier alpha value is -1.04. The maximum absolute atomic E-state index is 13.0. The zero-order valence-corrected chi connectivity index (χ0v) is 11.8. The SMILES string of the molecule is Cc1cc(CC(O)C2CCCCC2C(F)(F)F)n(C)n1. The van der Waals surface area contributed by atoms with Gasteiger partial charge in [-0.05, 0) is 31.7 Å². The highest BCUT2D eigenvalue weighted by atomic mass is 19.4. The van der Waals surface area contributed by atoms with E-state index in [1.165, 1.54) is 0 Å². The average molecular weight is 290 g/mol. The maximum Gasteiger partial charge on any atom is 0.392 e. The van der Waals surface area contributed by atoms with E-state index in [0.717, 1.165) is 17.8 Å². The molecule has 6 heteroatoms. The standard InChI is InChI=1S/C14H21F3N2O/c1-9-7-10(19(2)18-9)8-13(20)11-5-3-4-6-12(11)14(15,16)17/h7,11-13,20H,3-6,8H2,1-2H3. The van der Waals surface area contributed by atoms with E-state index in [4.69, 9.17) is 0 Å². The van der Waals surface area contributed by atoms with Gasteiger partial charge in [-0.3, -0.25) is 4.68 Å². The van der Waals surface area contributed by atoms with Gasteiger partial charge in [-0.1, -0.05) is 12.8 Å². The lowest BCUT2D eigenvalue weighted by molar-refractivity contribution is -0.206. The molecule has 3 unspecified atom stereocenters. The topological polar surface area (TPSA) is 38.0 Å². The van der Waals surface area contributed by atoms with Crippen LogP contribution in [0.1, 0.15) is 37.1 Å². The first-order valence-electron chi connectivity index (χ1n) is 7.03. The number of aromatic nitrogens is 2. The minimum atomic E-state index is -4.21. The Morgan fingerprint density at radius 3 is 2.60 bits per heavy atom. The van der Waals surface area contributed by atoms with Crippen LogP contribution in [-0.4, -0.2) is 27.2 Å². The van der Waals surface area contributed by atoms with Crippen molar-refractivity contribution in [2.75, 3.05) is 0 Å². The summed E-state index contributed by atoms with van der Waals surface area (Å²) in [5, 5.41) is 14.4. The molecule has 0 saturated heterocycles. The summed E-state index contributed by atoms with van der Waals surface area (Å²) in [4.78, 5) is 0. The quantitative estimate of drug-likeness (QED) is 0.929. The van der Waals surface area contributed by atoms with Gasteiger partial charge in [0.05, 0.1) is 17.7 Å². The predicted octanol–water partition coefficient (Wildman–Crippen LogP) is 3.00. The van der Waals surface area contributed by atoms with Crippen LogP contribution in [0.5, 0.6) is 0 Å². The van der Waals surface area contributed by atoms with Gasteiger partial charge in [-0.15, -0.1) is 0 Å². The fourth-order valence-corrected chi connectivity index (χ4v) is 3.25. The number of aliphatic hydroxyl groups excluding tert-OH is 1. The van der Waals surface area contributed by atoms with Crippen molar-refractivity contribution in [3.05, 3.63) is 17.5 Å². The van der Waals surface area contributed by atoms with Crippen molar-refractivity contribution < 1.29 is 18.3 Å². The monoisotopic (exact) mass is 290 g/mol. The second kappa shape index (κ2) is 5.76. The van der Waals surface area contributed by atoms with Gasteiger partial charge in [-0.25, -0.2) is 0 Å². The fourth-order valence-electron chi connectivity index (χ4n) is 3.25. The van der Waals surface area contributed by atoms with Crippen LogP contribution >= 0.6 is 0 Å². The molecule has 0 bridgehead atoms. The summed E-state index contributed by atoms with van der Waals surface area (Å²) in [5.74, 6) is -2.07. The Morgan fingerprint density at radius 2 is 2.05 bits per heavy atom. The van der Waals surface area contributed by atoms with Gasteiger partial charge in [0, 0.05) is 19.2 Å². The van der Waals surface area contributed by atoms with Gasteiger partial charge in [0.2, 0.25) is 0 Å². The molecule has 1 heterocycles. The molecule has 1 aromatic rings. The first-order chi connectivity index (χ1) is 9.29. The van der Waals surface area contributed by atoms with E-state index in [0.29, 0.717) is 12.8 Å². The molecule has 0 radical (unpaired) electrons. The number of hydrogen-bond acceptors (Lipinski definition) is 2. The Kier molecular flexibility index (Phi) is 4.42. The second-order valence-corrected chi connectivity index (χ2v) is 5.77. The van der Waals surface area contributed by atoms with Crippen molar-refractivity contribution in [1.82, 2.24) is 9.78 Å². The van der Waals surface area contributed by atoms with Crippen molar-refractivity contribution in [3.63, 3.8) is 0 Å². The lowest BCUT2D eigenvalue weighted by atomic mass is 9.75. The number of aliphatic hydroxyl groups is 1. The average Bonchev–Trinajstić information content (AvgIpc) is 2.66. The van der Waals surface area contributed by atoms with E-state index < -0.39 is 24.1 Å². The number of alkyl halides is 3. The predicted molar refractivity (Wildman–Crippen MR) is 69.2 cm³/mol. The summed E-state index contributed by atoms with van der Waals surface area (Å²) in [5.41, 5.74) is 1.59. The Labute approximate surface area is 116 Å². The van der Waals surface area contributed by atoms with E-state index in [9.17, 15) is 18.3 Å². The molecule has 0 spiro atoms. The molecule has 20 heavy (non-hydrogen) atoms. The summed E-state index contributed by atoms with van der Waals surface area (Å²) in [7, 11) is 1.75. The highest BCUT2D eigenvalue weighted by Gasteiger charge is 2.47. The molecule has 2 rings (SSSR count). The number of rotatable bonds is 3. The minimum absolute atomic E-state index is 0.135. The summed E-state index contributed by atoms with van der Waals surface area (Å²) in [6, 6.07) is 1.81. The zero-order chi connectivity index (χ0) is 14.9. The van der Waals surface area contributed by atoms with Crippen LogP contribution < -0.4 is 0 Å². The smallest absolute Gasteiger partial charge is 0.392 e. The van der Waals surface area contributed by atoms with Crippen LogP contribution in [0.3, 0.4) is 0 Å². The number of nitrogens with zero attached hydrogens (tertiary/aromatic N) is 2. The summed E-state index contributed by atoms with van der Waals surface area (Å²) in [6.07, 6.45) is -3.01. The van der Waals surface area contributed by atoms with Crippen LogP contribution in [0, 0.1) is 18.8 Å². The largest absolute Gasteiger partial charge is 0.392 e. The number of halogens is 3. The van der Waals surface area contributed by atoms with E-state index in [1.54, 1.807) is 11.7 Å². The highest BCUT2D eigenvalue weighted by molar-refractivity contribution is 5.10. The lowest BCUT2D eigenvalue weighted by Crippen LogP contribution is -2.40. The van der Waals surface area contributed by atoms with Crippen LogP contribution in [0.4, 0.5) is 13.2 Å². The normalized spacial score (nSPS) is 25.7. The van der Waals surface area contributed by atoms with Gasteiger partial charge in [0.15, 0.2) is 0 Å². The molecule has 1 fully saturated rings. The Balaban J connectivity index is 2.10. The second-order valence-electron chi connectivity index (χ2n) is 5.77. The lowest BCUT2D eigenvalue weighted by Gasteiger charge is -2.36. The van der Waals surface area contributed by atoms with E-state index in [1.807, 2.05) is 13.0 Å². The third kappa shape index (κ3) is 3.34. The molecule has 0 amide bonds. The fraction of sp³-hybridized carbons (Fsp3) is 0.786. The van der Waals surface area contributed by atoms with Crippen molar-refractivity contribution in [2.45, 2.75) is 51.3 Å². The Bertz CT molecular complexity index is 456. The van der Waals surface area contributed by atoms with E-state index in [-0.39, 0.29) is 12.8 Å². The molecule has 1 aliphatic rings. The maximum atomic E-state index is 13.0. The van der Waals surface area contributed by atoms with Crippen LogP contribution in [-0.2, 0) is 13.5 Å². The molecule has 3 nitrogen and oxygen atoms in total. The molecule has 1 aliphatic carbocycles. The van der Waals surface area contributed by atoms with Crippen LogP contribution in [0.2, 0.25) is 0 Å². The molecule has 0 aromatic carbocycles. The highest BCUT2D eigenvalue weighted by Crippen LogP contribution is 2.43. The van der Waals surface area contributed by atoms with E-state index >= 15 is 0 Å². The van der Waals surface area contributed by atoms with Gasteiger partial charge in [0.25, 0.3) is 0 Å². The first-order valence-corrected chi connectivity index (χ1v) is 7.03. The third-order valence-corrected chi connectivity index (χ3v) is 4.25. The van der Waals surface area contributed by atoms with Crippen molar-refractivity contribution in [2.24, 2.45) is 18.9 Å². The molecule has 0 aliphatic heterocycles. The first kappa shape index (κ1) is 15.4. The van der Waals surface area contributed by atoms with Crippen LogP contribution in [0.25, 0.3) is 0 Å². The molecular formula is C14H21F3N2O. The van der Waals surface area contributed by atoms with Gasteiger partial charge < -0.3 is 5.11 Å². The molecular weight excluding hydrogens is 269 g/mol. The van der Waals surface area contributed by atoms with Crippen molar-refractivity contribution in [1.29, 1.82) is 0 Å². The molecule has 1 saturated carbocycles. The minimum Gasteiger partial charge on any atom is -0.392 e. The number of aryl methyl sites for hydroxylation is 2. The van der Waals surface area contributed by atoms with Gasteiger partial charge >= 0.3 is 6.18 Å². The zero-order valence-electron chi connectivity index (χ0n) is 11.8. The van der Waals surface area contributed by atoms with E-state index in [2.05, 4.69) is 5.10 Å². The molecule has 3 atom stereocenters. The van der Waals surface area contributed by atoms with Crippen molar-refractivity contribution >= 4 is 0 Å². The molecule has 1 N–H and O–H groups in total. The van der Waals surface area contributed by atoms with Crippen LogP contribution in [0.15, 0.2) is 6.07 Å². The molecule has 114 valence electrons. The van der Waals surface area contributed by atoms with Crippen molar-refractivity contribution in [3.8, 4) is 0 Å². The molecule has 1 aromatic heterocycles. The van der Waals surface area contributed by atoms with Gasteiger partial charge in [0.1, 0.15) is 0 Å². The van der Waals surface area contributed by atoms with Gasteiger partial charge in [-0.2, -0.15) is 18.3 Å². The summed E-state index contributed by atoms with van der Waals surface area (Å²) >= 11 is 0. The summed E-state index contributed by atoms with van der Waals surface area (Å²) < 4.78 is 40.8.